The third-order valence-electron chi connectivity index (χ3n) is 5.61. The van der Waals surface area contributed by atoms with Gasteiger partial charge in [-0.3, -0.25) is 0 Å². The van der Waals surface area contributed by atoms with E-state index in [0.717, 1.165) is 0 Å². The monoisotopic (exact) mass is 437 g/mol. The molecule has 1 aliphatic rings. The van der Waals surface area contributed by atoms with E-state index in [4.69, 9.17) is 0 Å². The first-order chi connectivity index (χ1) is 14.1. The minimum absolute atomic E-state index is 1.37. The number of hydrogen-bond donors (Lipinski definition) is 0. The van der Waals surface area contributed by atoms with Gasteiger partial charge in [0.1, 0.15) is 0 Å². The maximum Gasteiger partial charge on any atom is 0.200 e. The molecule has 30 heavy (non-hydrogen) atoms. The van der Waals surface area contributed by atoms with Crippen molar-refractivity contribution in [3.63, 3.8) is 0 Å². The Balaban J connectivity index is 0.000000303. The molecule has 0 aliphatic carbocycles. The molecule has 2 rings (SSSR count). The van der Waals surface area contributed by atoms with Crippen LogP contribution in [0.1, 0.15) is 81.5 Å². The molecule has 1 heterocycles. The van der Waals surface area contributed by atoms with Crippen molar-refractivity contribution in [3.8, 4) is 0 Å². The molecule has 1 saturated heterocycles. The van der Waals surface area contributed by atoms with Gasteiger partial charge in [0.15, 0.2) is 23.3 Å². The number of nitrogens with zero attached hydrogens (tertiary/aromatic N) is 1. The zero-order valence-electron chi connectivity index (χ0n) is 17.8. The molecule has 0 saturated carbocycles. The fraction of sp³-hybridized carbons (Fsp3) is 0.682. The van der Waals surface area contributed by atoms with E-state index in [1.165, 1.54) is 88.3 Å². The molecule has 1 aliphatic heterocycles. The number of carboxylic acid groups (broad SMARTS) is 1. The third kappa shape index (κ3) is 7.85. The van der Waals surface area contributed by atoms with Gasteiger partial charge in [0, 0.05) is 0 Å². The minimum atomic E-state index is -2.47. The van der Waals surface area contributed by atoms with E-state index < -0.39 is 40.6 Å². The van der Waals surface area contributed by atoms with Gasteiger partial charge < -0.3 is 14.4 Å². The van der Waals surface area contributed by atoms with Crippen LogP contribution in [0, 0.1) is 29.1 Å². The van der Waals surface area contributed by atoms with Crippen LogP contribution in [0.15, 0.2) is 0 Å². The number of rotatable bonds is 9. The van der Waals surface area contributed by atoms with E-state index >= 15 is 0 Å². The van der Waals surface area contributed by atoms with E-state index in [-0.39, 0.29) is 0 Å². The number of piperidine rings is 1. The Bertz CT molecular complexity index is 662. The Kier molecular flexibility index (Phi) is 11.3. The van der Waals surface area contributed by atoms with Gasteiger partial charge in [-0.25, -0.2) is 22.0 Å². The molecule has 8 heteroatoms. The minimum Gasteiger partial charge on any atom is -0.545 e. The van der Waals surface area contributed by atoms with Crippen LogP contribution in [-0.4, -0.2) is 37.1 Å². The lowest BCUT2D eigenvalue weighted by molar-refractivity contribution is -0.914. The highest BCUT2D eigenvalue weighted by atomic mass is 19.2. The Hall–Kier alpha value is -1.70. The second-order valence-corrected chi connectivity index (χ2v) is 8.20. The van der Waals surface area contributed by atoms with E-state index in [1.54, 1.807) is 0 Å². The van der Waals surface area contributed by atoms with E-state index in [1.807, 2.05) is 0 Å². The highest BCUT2D eigenvalue weighted by Gasteiger charge is 2.26. The lowest BCUT2D eigenvalue weighted by Crippen LogP contribution is -2.48. The normalized spacial score (nSPS) is 15.4. The van der Waals surface area contributed by atoms with Crippen LogP contribution in [0.25, 0.3) is 0 Å². The SMILES string of the molecule is CCCCCCCCC[N+]1(C)CCCCC1.O=C([O-])c1c(F)c(F)c(F)c(F)c1F. The van der Waals surface area contributed by atoms with Gasteiger partial charge in [-0.1, -0.05) is 39.0 Å². The Morgan fingerprint density at radius 3 is 1.67 bits per heavy atom. The van der Waals surface area contributed by atoms with Crippen molar-refractivity contribution in [1.82, 2.24) is 0 Å². The summed E-state index contributed by atoms with van der Waals surface area (Å²) in [7, 11) is 2.47. The van der Waals surface area contributed by atoms with Crippen molar-refractivity contribution >= 4 is 5.97 Å². The molecule has 172 valence electrons. The number of carbonyl (C=O) groups is 1. The van der Waals surface area contributed by atoms with E-state index in [0.29, 0.717) is 0 Å². The number of benzene rings is 1. The van der Waals surface area contributed by atoms with Crippen molar-refractivity contribution in [1.29, 1.82) is 0 Å². The van der Waals surface area contributed by atoms with Crippen LogP contribution >= 0.6 is 0 Å². The summed E-state index contributed by atoms with van der Waals surface area (Å²) in [6, 6.07) is 0. The maximum atomic E-state index is 12.5. The zero-order valence-corrected chi connectivity index (χ0v) is 17.8. The van der Waals surface area contributed by atoms with Gasteiger partial charge in [0.05, 0.1) is 38.2 Å². The van der Waals surface area contributed by atoms with Crippen LogP contribution < -0.4 is 5.11 Å². The highest BCUT2D eigenvalue weighted by Crippen LogP contribution is 2.22. The molecule has 1 aromatic rings. The molecular formula is C22H32F5NO2. The average molecular weight is 437 g/mol. The molecular weight excluding hydrogens is 405 g/mol. The quantitative estimate of drug-likeness (QED) is 0.177. The predicted octanol–water partition coefficient (Wildman–Crippen LogP) is 5.11. The number of halogens is 5. The standard InChI is InChI=1S/C15H32N.C7HF5O2/c1-3-4-5-6-7-8-10-13-16(2)14-11-9-12-15-16;8-2-1(7(13)14)3(9)5(11)6(12)4(2)10/h3-15H2,1-2H3;(H,13,14)/q+1;/p-1. The maximum absolute atomic E-state index is 12.5. The fourth-order valence-corrected chi connectivity index (χ4v) is 3.73. The summed E-state index contributed by atoms with van der Waals surface area (Å²) in [4.78, 5) is 10.0. The van der Waals surface area contributed by atoms with Gasteiger partial charge >= 0.3 is 0 Å². The summed E-state index contributed by atoms with van der Waals surface area (Å²) < 4.78 is 63.3. The number of carbonyl (C=O) groups excluding carboxylic acids is 1. The van der Waals surface area contributed by atoms with Crippen molar-refractivity contribution in [2.45, 2.75) is 71.1 Å². The van der Waals surface area contributed by atoms with Crippen LogP contribution in [-0.2, 0) is 0 Å². The first-order valence-corrected chi connectivity index (χ1v) is 10.7. The van der Waals surface area contributed by atoms with Gasteiger partial charge in [-0.2, -0.15) is 0 Å². The van der Waals surface area contributed by atoms with E-state index in [9.17, 15) is 31.9 Å². The number of likely N-dealkylation sites (tertiary alicyclic amines) is 1. The summed E-state index contributed by atoms with van der Waals surface area (Å²) in [5.74, 6) is -14.4. The highest BCUT2D eigenvalue weighted by molar-refractivity contribution is 5.86. The van der Waals surface area contributed by atoms with Gasteiger partial charge in [0.25, 0.3) is 0 Å². The topological polar surface area (TPSA) is 40.1 Å². The summed E-state index contributed by atoms with van der Waals surface area (Å²) in [5, 5.41) is 10.0. The Labute approximate surface area is 175 Å². The summed E-state index contributed by atoms with van der Waals surface area (Å²) >= 11 is 0. The average Bonchev–Trinajstić information content (AvgIpc) is 2.71. The summed E-state index contributed by atoms with van der Waals surface area (Å²) in [6.45, 7) is 6.61. The number of aromatic carboxylic acids is 1. The second kappa shape index (κ2) is 12.9. The van der Waals surface area contributed by atoms with Crippen LogP contribution in [0.5, 0.6) is 0 Å². The molecule has 0 aromatic heterocycles. The molecule has 1 fully saturated rings. The lowest BCUT2D eigenvalue weighted by atomic mass is 10.1. The third-order valence-corrected chi connectivity index (χ3v) is 5.61. The molecule has 0 radical (unpaired) electrons. The van der Waals surface area contributed by atoms with Crippen LogP contribution in [0.3, 0.4) is 0 Å². The molecule has 0 unspecified atom stereocenters. The molecule has 1 aromatic carbocycles. The number of unbranched alkanes of at least 4 members (excludes halogenated alkanes) is 6. The van der Waals surface area contributed by atoms with Crippen LogP contribution in [0.4, 0.5) is 22.0 Å². The molecule has 0 atom stereocenters. The summed E-state index contributed by atoms with van der Waals surface area (Å²) in [5.41, 5.74) is -1.97. The zero-order chi connectivity index (χ0) is 22.7. The molecule has 0 spiro atoms. The van der Waals surface area contributed by atoms with E-state index in [2.05, 4.69) is 14.0 Å². The van der Waals surface area contributed by atoms with Gasteiger partial charge in [-0.15, -0.1) is 0 Å². The second-order valence-electron chi connectivity index (χ2n) is 8.20. The number of carboxylic acids is 1. The first kappa shape index (κ1) is 26.3. The first-order valence-electron chi connectivity index (χ1n) is 10.7. The molecule has 3 nitrogen and oxygen atoms in total. The van der Waals surface area contributed by atoms with Crippen molar-refractivity contribution < 1.29 is 36.3 Å². The predicted molar refractivity (Wildman–Crippen MR) is 103 cm³/mol. The molecule has 0 amide bonds. The Morgan fingerprint density at radius 1 is 0.767 bits per heavy atom. The van der Waals surface area contributed by atoms with Crippen molar-refractivity contribution in [2.75, 3.05) is 26.7 Å². The summed E-state index contributed by atoms with van der Waals surface area (Å²) in [6.07, 6.45) is 14.5. The van der Waals surface area contributed by atoms with Crippen molar-refractivity contribution in [3.05, 3.63) is 34.6 Å². The smallest absolute Gasteiger partial charge is 0.200 e. The lowest BCUT2D eigenvalue weighted by Gasteiger charge is -2.37. The van der Waals surface area contributed by atoms with Gasteiger partial charge in [0.2, 0.25) is 5.82 Å². The fourth-order valence-electron chi connectivity index (χ4n) is 3.73. The van der Waals surface area contributed by atoms with Gasteiger partial charge in [-0.05, 0) is 32.1 Å². The molecule has 0 bridgehead atoms. The Morgan fingerprint density at radius 2 is 1.20 bits per heavy atom. The molecule has 0 N–H and O–H groups in total. The van der Waals surface area contributed by atoms with Crippen molar-refractivity contribution in [2.24, 2.45) is 0 Å². The largest absolute Gasteiger partial charge is 0.545 e. The number of hydrogen-bond acceptors (Lipinski definition) is 2. The number of quaternary nitrogens is 1. The van der Waals surface area contributed by atoms with Crippen LogP contribution in [0.2, 0.25) is 0 Å².